The van der Waals surface area contributed by atoms with Crippen LogP contribution in [0.1, 0.15) is 25.7 Å². The summed E-state index contributed by atoms with van der Waals surface area (Å²) in [5.41, 5.74) is 5.57. The van der Waals surface area contributed by atoms with Gasteiger partial charge in [0.1, 0.15) is 5.02 Å². The van der Waals surface area contributed by atoms with Crippen molar-refractivity contribution in [2.75, 3.05) is 24.2 Å². The van der Waals surface area contributed by atoms with Crippen molar-refractivity contribution in [1.29, 1.82) is 0 Å². The van der Waals surface area contributed by atoms with Crippen molar-refractivity contribution in [3.63, 3.8) is 0 Å². The molecule has 0 amide bonds. The van der Waals surface area contributed by atoms with Crippen LogP contribution in [0.15, 0.2) is 6.20 Å². The van der Waals surface area contributed by atoms with E-state index in [2.05, 4.69) is 14.9 Å². The standard InChI is InChI=1S/C11H17ClN4/c1-16(7-8-4-2-3-5-8)10-9(12)6-14-11(13)15-10/h6,8H,2-5,7H2,1H3,(H2,13,14,15). The molecule has 2 N–H and O–H groups in total. The van der Waals surface area contributed by atoms with Gasteiger partial charge in [0, 0.05) is 13.6 Å². The Bertz CT molecular complexity index is 363. The number of rotatable bonds is 3. The van der Waals surface area contributed by atoms with E-state index in [0.29, 0.717) is 5.02 Å². The minimum atomic E-state index is 0.276. The quantitative estimate of drug-likeness (QED) is 0.881. The first-order valence-corrected chi connectivity index (χ1v) is 6.04. The largest absolute Gasteiger partial charge is 0.368 e. The van der Waals surface area contributed by atoms with E-state index in [1.807, 2.05) is 7.05 Å². The van der Waals surface area contributed by atoms with Gasteiger partial charge in [-0.1, -0.05) is 24.4 Å². The van der Waals surface area contributed by atoms with E-state index in [-0.39, 0.29) is 5.95 Å². The number of halogens is 1. The van der Waals surface area contributed by atoms with Gasteiger partial charge >= 0.3 is 0 Å². The summed E-state index contributed by atoms with van der Waals surface area (Å²) in [6.45, 7) is 0.996. The third-order valence-electron chi connectivity index (χ3n) is 3.11. The molecule has 4 nitrogen and oxygen atoms in total. The van der Waals surface area contributed by atoms with Gasteiger partial charge < -0.3 is 10.6 Å². The maximum atomic E-state index is 6.05. The molecule has 0 saturated heterocycles. The molecule has 0 radical (unpaired) electrons. The van der Waals surface area contributed by atoms with Crippen LogP contribution in [0.5, 0.6) is 0 Å². The summed E-state index contributed by atoms with van der Waals surface area (Å²) >= 11 is 6.05. The maximum Gasteiger partial charge on any atom is 0.222 e. The minimum absolute atomic E-state index is 0.276. The predicted molar refractivity (Wildman–Crippen MR) is 66.7 cm³/mol. The molecule has 1 saturated carbocycles. The number of hydrogen-bond donors (Lipinski definition) is 1. The Balaban J connectivity index is 2.07. The van der Waals surface area contributed by atoms with Crippen LogP contribution >= 0.6 is 11.6 Å². The number of aromatic nitrogens is 2. The summed E-state index contributed by atoms with van der Waals surface area (Å²) < 4.78 is 0. The third-order valence-corrected chi connectivity index (χ3v) is 3.38. The Morgan fingerprint density at radius 2 is 2.19 bits per heavy atom. The maximum absolute atomic E-state index is 6.05. The smallest absolute Gasteiger partial charge is 0.222 e. The van der Waals surface area contributed by atoms with Gasteiger partial charge in [0.25, 0.3) is 0 Å². The van der Waals surface area contributed by atoms with Crippen molar-refractivity contribution in [3.8, 4) is 0 Å². The van der Waals surface area contributed by atoms with Gasteiger partial charge in [-0.15, -0.1) is 0 Å². The molecule has 0 aromatic carbocycles. The van der Waals surface area contributed by atoms with Crippen molar-refractivity contribution in [1.82, 2.24) is 9.97 Å². The van der Waals surface area contributed by atoms with Crippen LogP contribution in [0.2, 0.25) is 5.02 Å². The summed E-state index contributed by atoms with van der Waals surface area (Å²) in [4.78, 5) is 10.1. The van der Waals surface area contributed by atoms with E-state index in [9.17, 15) is 0 Å². The summed E-state index contributed by atoms with van der Waals surface area (Å²) in [5, 5.41) is 0.565. The molecule has 0 aliphatic heterocycles. The van der Waals surface area contributed by atoms with E-state index in [1.54, 1.807) is 6.20 Å². The molecule has 0 atom stereocenters. The first kappa shape index (κ1) is 11.5. The average Bonchev–Trinajstić information content (AvgIpc) is 2.74. The van der Waals surface area contributed by atoms with Gasteiger partial charge in [-0.25, -0.2) is 4.98 Å². The second-order valence-corrected chi connectivity index (χ2v) is 4.84. The van der Waals surface area contributed by atoms with Crippen molar-refractivity contribution in [2.45, 2.75) is 25.7 Å². The number of hydrogen-bond acceptors (Lipinski definition) is 4. The van der Waals surface area contributed by atoms with Crippen LogP contribution in [0.4, 0.5) is 11.8 Å². The van der Waals surface area contributed by atoms with E-state index in [1.165, 1.54) is 25.7 Å². The van der Waals surface area contributed by atoms with E-state index >= 15 is 0 Å². The molecule has 5 heteroatoms. The molecule has 0 unspecified atom stereocenters. The zero-order valence-electron chi connectivity index (χ0n) is 9.49. The monoisotopic (exact) mass is 240 g/mol. The lowest BCUT2D eigenvalue weighted by Gasteiger charge is -2.22. The zero-order valence-corrected chi connectivity index (χ0v) is 10.2. The number of anilines is 2. The Morgan fingerprint density at radius 1 is 1.50 bits per heavy atom. The lowest BCUT2D eigenvalue weighted by molar-refractivity contribution is 0.545. The van der Waals surface area contributed by atoms with Gasteiger partial charge in [0.15, 0.2) is 5.82 Å². The molecule has 1 aromatic heterocycles. The van der Waals surface area contributed by atoms with Crippen LogP contribution < -0.4 is 10.6 Å². The molecule has 1 aliphatic rings. The highest BCUT2D eigenvalue weighted by molar-refractivity contribution is 6.32. The normalized spacial score (nSPS) is 16.6. The van der Waals surface area contributed by atoms with Crippen molar-refractivity contribution in [3.05, 3.63) is 11.2 Å². The van der Waals surface area contributed by atoms with Crippen LogP contribution in [0, 0.1) is 5.92 Å². The predicted octanol–water partition coefficient (Wildman–Crippen LogP) is 2.34. The van der Waals surface area contributed by atoms with Gasteiger partial charge in [-0.3, -0.25) is 0 Å². The van der Waals surface area contributed by atoms with Crippen molar-refractivity contribution >= 4 is 23.4 Å². The number of nitrogen functional groups attached to an aromatic ring is 1. The van der Waals surface area contributed by atoms with E-state index in [4.69, 9.17) is 17.3 Å². The molecule has 0 bridgehead atoms. The molecule has 1 heterocycles. The molecular formula is C11H17ClN4. The first-order valence-electron chi connectivity index (χ1n) is 5.66. The van der Waals surface area contributed by atoms with Crippen molar-refractivity contribution < 1.29 is 0 Å². The van der Waals surface area contributed by atoms with Gasteiger partial charge in [0.2, 0.25) is 5.95 Å². The average molecular weight is 241 g/mol. The van der Waals surface area contributed by atoms with Crippen LogP contribution in [0.3, 0.4) is 0 Å². The lowest BCUT2D eigenvalue weighted by atomic mass is 10.1. The zero-order chi connectivity index (χ0) is 11.5. The number of nitrogens with two attached hydrogens (primary N) is 1. The summed E-state index contributed by atoms with van der Waals surface area (Å²) in [6, 6.07) is 0. The highest BCUT2D eigenvalue weighted by Gasteiger charge is 2.18. The Labute approximate surface area is 101 Å². The summed E-state index contributed by atoms with van der Waals surface area (Å²) in [5.74, 6) is 1.77. The Morgan fingerprint density at radius 3 is 2.88 bits per heavy atom. The van der Waals surface area contributed by atoms with E-state index < -0.39 is 0 Å². The fourth-order valence-corrected chi connectivity index (χ4v) is 2.54. The molecule has 0 spiro atoms. The molecule has 2 rings (SSSR count). The number of nitrogens with zero attached hydrogens (tertiary/aromatic N) is 3. The van der Waals surface area contributed by atoms with E-state index in [0.717, 1.165) is 18.3 Å². The second kappa shape index (κ2) is 4.87. The first-order chi connectivity index (χ1) is 7.66. The topological polar surface area (TPSA) is 55.0 Å². The molecule has 1 fully saturated rings. The molecule has 1 aromatic rings. The lowest BCUT2D eigenvalue weighted by Crippen LogP contribution is -2.25. The van der Waals surface area contributed by atoms with Crippen LogP contribution in [-0.4, -0.2) is 23.6 Å². The summed E-state index contributed by atoms with van der Waals surface area (Å²) in [7, 11) is 2.01. The van der Waals surface area contributed by atoms with Gasteiger partial charge in [0.05, 0.1) is 6.20 Å². The highest BCUT2D eigenvalue weighted by atomic mass is 35.5. The molecule has 1 aliphatic carbocycles. The Kier molecular flexibility index (Phi) is 3.49. The summed E-state index contributed by atoms with van der Waals surface area (Å²) in [6.07, 6.45) is 6.87. The molecule has 16 heavy (non-hydrogen) atoms. The highest BCUT2D eigenvalue weighted by Crippen LogP contribution is 2.28. The second-order valence-electron chi connectivity index (χ2n) is 4.43. The fraction of sp³-hybridized carbons (Fsp3) is 0.636. The molecular weight excluding hydrogens is 224 g/mol. The molecule has 88 valence electrons. The minimum Gasteiger partial charge on any atom is -0.368 e. The van der Waals surface area contributed by atoms with Gasteiger partial charge in [-0.05, 0) is 18.8 Å². The van der Waals surface area contributed by atoms with Crippen LogP contribution in [0.25, 0.3) is 0 Å². The van der Waals surface area contributed by atoms with Crippen molar-refractivity contribution in [2.24, 2.45) is 5.92 Å². The Hall–Kier alpha value is -1.03. The van der Waals surface area contributed by atoms with Crippen LogP contribution in [-0.2, 0) is 0 Å². The van der Waals surface area contributed by atoms with Gasteiger partial charge in [-0.2, -0.15) is 4.98 Å². The fourth-order valence-electron chi connectivity index (χ4n) is 2.31. The SMILES string of the molecule is CN(CC1CCCC1)c1nc(N)ncc1Cl. The third kappa shape index (κ3) is 2.55.